The van der Waals surface area contributed by atoms with Crippen LogP contribution >= 0.6 is 12.4 Å². The summed E-state index contributed by atoms with van der Waals surface area (Å²) in [5.41, 5.74) is 2.69. The van der Waals surface area contributed by atoms with E-state index in [1.807, 2.05) is 6.07 Å². The second-order valence-corrected chi connectivity index (χ2v) is 6.47. The number of ether oxygens (including phenoxy) is 1. The summed E-state index contributed by atoms with van der Waals surface area (Å²) in [6.45, 7) is 1.98. The maximum atomic E-state index is 12.3. The lowest BCUT2D eigenvalue weighted by Gasteiger charge is -2.28. The van der Waals surface area contributed by atoms with Crippen molar-refractivity contribution < 1.29 is 9.53 Å². The molecule has 0 bridgehead atoms. The topological polar surface area (TPSA) is 50.4 Å². The summed E-state index contributed by atoms with van der Waals surface area (Å²) < 4.78 is 5.31. The number of nitrogens with one attached hydrogen (secondary N) is 2. The summed E-state index contributed by atoms with van der Waals surface area (Å²) >= 11 is 0. The lowest BCUT2D eigenvalue weighted by Crippen LogP contribution is -2.45. The Morgan fingerprint density at radius 2 is 2.22 bits per heavy atom. The summed E-state index contributed by atoms with van der Waals surface area (Å²) in [7, 11) is 1.70. The molecule has 1 heterocycles. The van der Waals surface area contributed by atoms with Crippen molar-refractivity contribution in [2.75, 3.05) is 20.2 Å². The zero-order valence-corrected chi connectivity index (χ0v) is 14.6. The monoisotopic (exact) mass is 338 g/mol. The number of benzene rings is 1. The minimum atomic E-state index is 0. The largest absolute Gasteiger partial charge is 0.497 e. The molecule has 3 rings (SSSR count). The summed E-state index contributed by atoms with van der Waals surface area (Å²) in [6, 6.07) is 6.60. The van der Waals surface area contributed by atoms with Gasteiger partial charge in [-0.3, -0.25) is 4.79 Å². The zero-order valence-electron chi connectivity index (χ0n) is 13.8. The van der Waals surface area contributed by atoms with E-state index in [0.717, 1.165) is 50.9 Å². The molecule has 1 aromatic carbocycles. The van der Waals surface area contributed by atoms with E-state index in [0.29, 0.717) is 18.4 Å². The Morgan fingerprint density at radius 1 is 1.35 bits per heavy atom. The van der Waals surface area contributed by atoms with Crippen LogP contribution in [0.25, 0.3) is 0 Å². The third kappa shape index (κ3) is 4.61. The van der Waals surface area contributed by atoms with Gasteiger partial charge in [-0.25, -0.2) is 0 Å². The van der Waals surface area contributed by atoms with Gasteiger partial charge in [-0.2, -0.15) is 0 Å². The molecule has 5 heteroatoms. The highest BCUT2D eigenvalue weighted by atomic mass is 35.5. The highest BCUT2D eigenvalue weighted by molar-refractivity contribution is 5.85. The number of hydrogen-bond donors (Lipinski definition) is 2. The predicted molar refractivity (Wildman–Crippen MR) is 94.6 cm³/mol. The van der Waals surface area contributed by atoms with Gasteiger partial charge in [-0.1, -0.05) is 6.07 Å². The smallest absolute Gasteiger partial charge is 0.220 e. The number of fused-ring (bicyclic) bond motifs is 1. The van der Waals surface area contributed by atoms with E-state index < -0.39 is 0 Å². The highest BCUT2D eigenvalue weighted by Crippen LogP contribution is 2.35. The molecule has 0 saturated carbocycles. The molecule has 1 aliphatic heterocycles. The van der Waals surface area contributed by atoms with Crippen LogP contribution in [-0.2, 0) is 11.2 Å². The molecule has 1 saturated heterocycles. The highest BCUT2D eigenvalue weighted by Gasteiger charge is 2.24. The normalized spacial score (nSPS) is 23.3. The van der Waals surface area contributed by atoms with Crippen LogP contribution in [0.4, 0.5) is 0 Å². The second kappa shape index (κ2) is 8.55. The number of rotatable bonds is 4. The Bertz CT molecular complexity index is 530. The fourth-order valence-electron chi connectivity index (χ4n) is 3.72. The van der Waals surface area contributed by atoms with Crippen molar-refractivity contribution in [3.05, 3.63) is 29.3 Å². The molecule has 2 atom stereocenters. The van der Waals surface area contributed by atoms with Crippen LogP contribution in [-0.4, -0.2) is 32.1 Å². The minimum absolute atomic E-state index is 0. The fraction of sp³-hybridized carbons (Fsp3) is 0.611. The van der Waals surface area contributed by atoms with Gasteiger partial charge in [0.25, 0.3) is 0 Å². The molecule has 1 unspecified atom stereocenters. The lowest BCUT2D eigenvalue weighted by atomic mass is 9.81. The average molecular weight is 339 g/mol. The van der Waals surface area contributed by atoms with E-state index >= 15 is 0 Å². The number of carbonyl (C=O) groups excluding carboxylic acids is 1. The first-order valence-corrected chi connectivity index (χ1v) is 8.43. The van der Waals surface area contributed by atoms with Crippen LogP contribution in [0.5, 0.6) is 5.75 Å². The Labute approximate surface area is 144 Å². The zero-order chi connectivity index (χ0) is 15.4. The molecule has 1 aliphatic carbocycles. The minimum Gasteiger partial charge on any atom is -0.497 e. The van der Waals surface area contributed by atoms with Crippen LogP contribution < -0.4 is 15.4 Å². The third-order valence-corrected chi connectivity index (χ3v) is 4.88. The first-order valence-electron chi connectivity index (χ1n) is 8.43. The Morgan fingerprint density at radius 3 is 2.96 bits per heavy atom. The summed E-state index contributed by atoms with van der Waals surface area (Å²) in [6.07, 6.45) is 6.21. The molecule has 0 radical (unpaired) electrons. The molecule has 1 aromatic rings. The molecule has 2 N–H and O–H groups in total. The van der Waals surface area contributed by atoms with E-state index in [2.05, 4.69) is 22.8 Å². The Kier molecular flexibility index (Phi) is 6.72. The van der Waals surface area contributed by atoms with Crippen LogP contribution in [0.1, 0.15) is 49.1 Å². The number of piperidine rings is 1. The summed E-state index contributed by atoms with van der Waals surface area (Å²) in [5, 5.41) is 6.54. The van der Waals surface area contributed by atoms with Crippen molar-refractivity contribution in [2.24, 2.45) is 0 Å². The molecule has 0 aromatic heterocycles. The Hall–Kier alpha value is -1.26. The second-order valence-electron chi connectivity index (χ2n) is 6.47. The van der Waals surface area contributed by atoms with E-state index in [4.69, 9.17) is 4.74 Å². The molecule has 0 spiro atoms. The number of amides is 1. The van der Waals surface area contributed by atoms with Gasteiger partial charge < -0.3 is 15.4 Å². The van der Waals surface area contributed by atoms with Gasteiger partial charge in [0.2, 0.25) is 5.91 Å². The number of carbonyl (C=O) groups is 1. The number of hydrogen-bond acceptors (Lipinski definition) is 3. The molecular weight excluding hydrogens is 312 g/mol. The van der Waals surface area contributed by atoms with Crippen molar-refractivity contribution in [2.45, 2.75) is 50.5 Å². The molecule has 128 valence electrons. The van der Waals surface area contributed by atoms with Crippen molar-refractivity contribution in [3.63, 3.8) is 0 Å². The van der Waals surface area contributed by atoms with E-state index in [9.17, 15) is 4.79 Å². The molecule has 23 heavy (non-hydrogen) atoms. The van der Waals surface area contributed by atoms with Crippen LogP contribution in [0, 0.1) is 0 Å². The number of aryl methyl sites for hydroxylation is 1. The van der Waals surface area contributed by atoms with Gasteiger partial charge in [-0.05, 0) is 67.8 Å². The van der Waals surface area contributed by atoms with E-state index in [-0.39, 0.29) is 18.3 Å². The quantitative estimate of drug-likeness (QED) is 0.887. The summed E-state index contributed by atoms with van der Waals surface area (Å²) in [5.74, 6) is 1.46. The standard InChI is InChI=1S/C18H26N2O2.ClH/c1-22-16-7-8-17-13(10-16)4-2-5-14(17)11-18(21)20-15-6-3-9-19-12-15;/h7-8,10,14-15,19H,2-6,9,11-12H2,1H3,(H,20,21);1H/t14?,15-;/m0./s1. The SMILES string of the molecule is COc1ccc2c(c1)CCCC2CC(=O)N[C@H]1CCCNC1.Cl. The van der Waals surface area contributed by atoms with Gasteiger partial charge in [0.15, 0.2) is 0 Å². The molecule has 4 nitrogen and oxygen atoms in total. The van der Waals surface area contributed by atoms with Gasteiger partial charge in [0.05, 0.1) is 7.11 Å². The first kappa shape index (κ1) is 18.1. The van der Waals surface area contributed by atoms with Crippen LogP contribution in [0.3, 0.4) is 0 Å². The average Bonchev–Trinajstić information content (AvgIpc) is 2.55. The van der Waals surface area contributed by atoms with Crippen LogP contribution in [0.2, 0.25) is 0 Å². The molecular formula is C18H27ClN2O2. The lowest BCUT2D eigenvalue weighted by molar-refractivity contribution is -0.122. The third-order valence-electron chi connectivity index (χ3n) is 4.88. The van der Waals surface area contributed by atoms with Gasteiger partial charge in [0, 0.05) is 19.0 Å². The number of halogens is 1. The van der Waals surface area contributed by atoms with Crippen molar-refractivity contribution in [1.82, 2.24) is 10.6 Å². The van der Waals surface area contributed by atoms with E-state index in [1.165, 1.54) is 11.1 Å². The van der Waals surface area contributed by atoms with E-state index in [1.54, 1.807) is 7.11 Å². The first-order chi connectivity index (χ1) is 10.8. The summed E-state index contributed by atoms with van der Waals surface area (Å²) in [4.78, 5) is 12.3. The van der Waals surface area contributed by atoms with Crippen molar-refractivity contribution in [3.8, 4) is 5.75 Å². The Balaban J connectivity index is 0.00000192. The fourth-order valence-corrected chi connectivity index (χ4v) is 3.72. The maximum absolute atomic E-state index is 12.3. The predicted octanol–water partition coefficient (Wildman–Crippen LogP) is 2.80. The molecule has 1 amide bonds. The molecule has 1 fully saturated rings. The van der Waals surface area contributed by atoms with Gasteiger partial charge in [0.1, 0.15) is 5.75 Å². The van der Waals surface area contributed by atoms with Gasteiger partial charge in [-0.15, -0.1) is 12.4 Å². The van der Waals surface area contributed by atoms with Gasteiger partial charge >= 0.3 is 0 Å². The van der Waals surface area contributed by atoms with Crippen LogP contribution in [0.15, 0.2) is 18.2 Å². The number of methoxy groups -OCH3 is 1. The maximum Gasteiger partial charge on any atom is 0.220 e. The molecule has 2 aliphatic rings. The van der Waals surface area contributed by atoms with Crippen molar-refractivity contribution >= 4 is 18.3 Å². The van der Waals surface area contributed by atoms with Crippen molar-refractivity contribution in [1.29, 1.82) is 0 Å².